The summed E-state index contributed by atoms with van der Waals surface area (Å²) in [5.74, 6) is -1.30. The molecule has 7 nitrogen and oxygen atoms in total. The van der Waals surface area contributed by atoms with Crippen LogP contribution in [-0.2, 0) is 13.2 Å². The van der Waals surface area contributed by atoms with E-state index in [4.69, 9.17) is 5.11 Å². The number of benzene rings is 1. The van der Waals surface area contributed by atoms with Gasteiger partial charge < -0.3 is 5.11 Å². The molecule has 2 aromatic heterocycles. The fourth-order valence-electron chi connectivity index (χ4n) is 2.36. The second-order valence-electron chi connectivity index (χ2n) is 5.06. The molecule has 1 N–H and O–H groups in total. The van der Waals surface area contributed by atoms with Gasteiger partial charge in [0.25, 0.3) is 5.56 Å². The first-order valence-electron chi connectivity index (χ1n) is 6.64. The van der Waals surface area contributed by atoms with Crippen LogP contribution < -0.4 is 11.2 Å². The monoisotopic (exact) mass is 407 g/mol. The van der Waals surface area contributed by atoms with Crippen LogP contribution in [0.15, 0.2) is 33.9 Å². The second-order valence-corrected chi connectivity index (χ2v) is 5.86. The highest BCUT2D eigenvalue weighted by Crippen LogP contribution is 2.27. The summed E-state index contributed by atoms with van der Waals surface area (Å²) in [6, 6.07) is 4.33. The van der Waals surface area contributed by atoms with Crippen LogP contribution in [0.25, 0.3) is 15.8 Å². The minimum Gasteiger partial charge on any atom is -0.476 e. The Morgan fingerprint density at radius 2 is 1.88 bits per heavy atom. The van der Waals surface area contributed by atoms with Crippen molar-refractivity contribution in [2.75, 3.05) is 0 Å². The van der Waals surface area contributed by atoms with Gasteiger partial charge in [-0.1, -0.05) is 0 Å². The minimum absolute atomic E-state index is 0. The molecule has 0 atom stereocenters. The number of hydrogen-bond donors (Lipinski definition) is 1. The van der Waals surface area contributed by atoms with E-state index in [1.807, 2.05) is 0 Å². The van der Waals surface area contributed by atoms with Gasteiger partial charge in [0.15, 0.2) is 5.69 Å². The van der Waals surface area contributed by atoms with E-state index in [0.29, 0.717) is 19.9 Å². The van der Waals surface area contributed by atoms with Gasteiger partial charge in [-0.05, 0) is 29.7 Å². The molecule has 0 aliphatic rings. The highest BCUT2D eigenvalue weighted by atomic mass is 35.5. The molecule has 2 heterocycles. The number of halogens is 4. The SMILES string of the molecule is Cl.Cn1c(C(F)(F)F)cc(=O)n(-c2ccc3snc(C(=O)O)c3c2)c1=O. The van der Waals surface area contributed by atoms with Gasteiger partial charge in [-0.3, -0.25) is 9.36 Å². The lowest BCUT2D eigenvalue weighted by Crippen LogP contribution is -2.40. The largest absolute Gasteiger partial charge is 0.476 e. The van der Waals surface area contributed by atoms with Gasteiger partial charge in [-0.2, -0.15) is 17.5 Å². The first-order chi connectivity index (χ1) is 11.6. The zero-order valence-corrected chi connectivity index (χ0v) is 14.4. The first kappa shape index (κ1) is 19.7. The molecule has 12 heteroatoms. The van der Waals surface area contributed by atoms with Crippen molar-refractivity contribution >= 4 is 40.0 Å². The van der Waals surface area contributed by atoms with Crippen LogP contribution in [0.3, 0.4) is 0 Å². The number of carboxylic acid groups (broad SMARTS) is 1. The maximum Gasteiger partial charge on any atom is 0.431 e. The lowest BCUT2D eigenvalue weighted by molar-refractivity contribution is -0.144. The topological polar surface area (TPSA) is 94.2 Å². The maximum atomic E-state index is 12.9. The summed E-state index contributed by atoms with van der Waals surface area (Å²) in [7, 11) is 0.897. The molecule has 1 aromatic carbocycles. The van der Waals surface area contributed by atoms with E-state index < -0.39 is 29.1 Å². The molecule has 3 rings (SSSR count). The van der Waals surface area contributed by atoms with Crippen LogP contribution in [0.2, 0.25) is 0 Å². The van der Waals surface area contributed by atoms with Crippen molar-refractivity contribution in [3.63, 3.8) is 0 Å². The Morgan fingerprint density at radius 1 is 1.23 bits per heavy atom. The Morgan fingerprint density at radius 3 is 2.46 bits per heavy atom. The molecule has 0 aliphatic heterocycles. The van der Waals surface area contributed by atoms with Crippen molar-refractivity contribution in [1.29, 1.82) is 0 Å². The van der Waals surface area contributed by atoms with Crippen molar-refractivity contribution in [2.24, 2.45) is 7.05 Å². The number of carboxylic acids is 1. The number of nitrogens with zero attached hydrogens (tertiary/aromatic N) is 3. The fraction of sp³-hybridized carbons (Fsp3) is 0.143. The summed E-state index contributed by atoms with van der Waals surface area (Å²) in [4.78, 5) is 35.5. The lowest BCUT2D eigenvalue weighted by atomic mass is 10.2. The van der Waals surface area contributed by atoms with Crippen molar-refractivity contribution in [3.8, 4) is 5.69 Å². The molecule has 138 valence electrons. The minimum atomic E-state index is -4.86. The molecule has 3 aromatic rings. The van der Waals surface area contributed by atoms with Crippen LogP contribution in [-0.4, -0.2) is 24.6 Å². The number of aromatic nitrogens is 3. The first-order valence-corrected chi connectivity index (χ1v) is 7.42. The molecule has 0 aliphatic carbocycles. The van der Waals surface area contributed by atoms with Crippen LogP contribution in [0.1, 0.15) is 16.2 Å². The van der Waals surface area contributed by atoms with E-state index >= 15 is 0 Å². The summed E-state index contributed by atoms with van der Waals surface area (Å²) in [6.45, 7) is 0. The van der Waals surface area contributed by atoms with E-state index in [2.05, 4.69) is 4.37 Å². The highest BCUT2D eigenvalue weighted by Gasteiger charge is 2.35. The van der Waals surface area contributed by atoms with E-state index in [0.717, 1.165) is 18.6 Å². The molecule has 26 heavy (non-hydrogen) atoms. The Labute approximate surface area is 152 Å². The number of rotatable bonds is 2. The third kappa shape index (κ3) is 3.10. The quantitative estimate of drug-likeness (QED) is 0.703. The molecule has 0 fully saturated rings. The number of hydrogen-bond acceptors (Lipinski definition) is 5. The van der Waals surface area contributed by atoms with Gasteiger partial charge in [0, 0.05) is 18.5 Å². The summed E-state index contributed by atoms with van der Waals surface area (Å²) in [6.07, 6.45) is -4.86. The molecular formula is C14H9ClF3N3O4S. The Balaban J connectivity index is 0.00000243. The number of fused-ring (bicyclic) bond motifs is 1. The van der Waals surface area contributed by atoms with Gasteiger partial charge in [0.1, 0.15) is 5.69 Å². The smallest absolute Gasteiger partial charge is 0.431 e. The Kier molecular flexibility index (Phi) is 4.97. The predicted octanol–water partition coefficient (Wildman–Crippen LogP) is 2.28. The van der Waals surface area contributed by atoms with Crippen LogP contribution in [0.5, 0.6) is 0 Å². The number of alkyl halides is 3. The molecular weight excluding hydrogens is 399 g/mol. The zero-order chi connectivity index (χ0) is 18.5. The second kappa shape index (κ2) is 6.57. The van der Waals surface area contributed by atoms with Crippen LogP contribution in [0, 0.1) is 0 Å². The van der Waals surface area contributed by atoms with Crippen molar-refractivity contribution in [1.82, 2.24) is 13.5 Å². The van der Waals surface area contributed by atoms with Gasteiger partial charge in [0.2, 0.25) is 0 Å². The Bertz CT molecular complexity index is 1130. The zero-order valence-electron chi connectivity index (χ0n) is 12.8. The van der Waals surface area contributed by atoms with Gasteiger partial charge in [0.05, 0.1) is 10.4 Å². The molecule has 0 saturated carbocycles. The van der Waals surface area contributed by atoms with E-state index in [-0.39, 0.29) is 29.2 Å². The van der Waals surface area contributed by atoms with Gasteiger partial charge in [-0.25, -0.2) is 14.2 Å². The van der Waals surface area contributed by atoms with E-state index in [1.54, 1.807) is 0 Å². The van der Waals surface area contributed by atoms with Crippen molar-refractivity contribution in [2.45, 2.75) is 6.18 Å². The number of aromatic carboxylic acids is 1. The number of carbonyl (C=O) groups is 1. The lowest BCUT2D eigenvalue weighted by Gasteiger charge is -2.13. The summed E-state index contributed by atoms with van der Waals surface area (Å²) >= 11 is 0.913. The average Bonchev–Trinajstić information content (AvgIpc) is 2.93. The average molecular weight is 408 g/mol. The molecule has 0 radical (unpaired) electrons. The predicted molar refractivity (Wildman–Crippen MR) is 89.7 cm³/mol. The molecule has 0 spiro atoms. The third-order valence-corrected chi connectivity index (χ3v) is 4.35. The van der Waals surface area contributed by atoms with Crippen molar-refractivity contribution in [3.05, 3.63) is 56.5 Å². The van der Waals surface area contributed by atoms with Crippen LogP contribution in [0.4, 0.5) is 13.2 Å². The Hall–Kier alpha value is -2.66. The standard InChI is InChI=1S/C14H8F3N3O4S.ClH/c1-19-9(14(15,16)17)5-10(21)20(13(19)24)6-2-3-8-7(4-6)11(12(22)23)18-25-8;/h2-5H,1H3,(H,22,23);1H. The van der Waals surface area contributed by atoms with E-state index in [9.17, 15) is 27.6 Å². The molecule has 0 bridgehead atoms. The normalized spacial score (nSPS) is 11.4. The van der Waals surface area contributed by atoms with E-state index in [1.165, 1.54) is 18.2 Å². The molecule has 0 saturated heterocycles. The third-order valence-electron chi connectivity index (χ3n) is 3.52. The summed E-state index contributed by atoms with van der Waals surface area (Å²) < 4.78 is 43.7. The summed E-state index contributed by atoms with van der Waals surface area (Å²) in [5, 5.41) is 9.28. The summed E-state index contributed by atoms with van der Waals surface area (Å²) in [5.41, 5.74) is -4.05. The van der Waals surface area contributed by atoms with Gasteiger partial charge >= 0.3 is 17.8 Å². The van der Waals surface area contributed by atoms with Crippen LogP contribution >= 0.6 is 23.9 Å². The van der Waals surface area contributed by atoms with Crippen molar-refractivity contribution < 1.29 is 23.1 Å². The molecule has 0 amide bonds. The van der Waals surface area contributed by atoms with Gasteiger partial charge in [-0.15, -0.1) is 12.4 Å². The maximum absolute atomic E-state index is 12.9. The fourth-order valence-corrected chi connectivity index (χ4v) is 3.10. The molecule has 0 unspecified atom stereocenters. The highest BCUT2D eigenvalue weighted by molar-refractivity contribution is 7.13.